The Labute approximate surface area is 104 Å². The van der Waals surface area contributed by atoms with Crippen LogP contribution in [0.15, 0.2) is 35.3 Å². The number of aromatic nitrogens is 4. The number of rotatable bonds is 3. The summed E-state index contributed by atoms with van der Waals surface area (Å²) in [5.41, 5.74) is 0.817. The molecule has 3 aromatic heterocycles. The second kappa shape index (κ2) is 4.14. The summed E-state index contributed by atoms with van der Waals surface area (Å²) < 4.78 is 7.22. The zero-order valence-electron chi connectivity index (χ0n) is 10.2. The van der Waals surface area contributed by atoms with Crippen LogP contribution in [0, 0.1) is 0 Å². The van der Waals surface area contributed by atoms with Gasteiger partial charge in [-0.05, 0) is 19.1 Å². The van der Waals surface area contributed by atoms with Crippen LogP contribution in [0.3, 0.4) is 0 Å². The van der Waals surface area contributed by atoms with E-state index in [1.165, 1.54) is 0 Å². The van der Waals surface area contributed by atoms with Crippen molar-refractivity contribution in [3.8, 4) is 0 Å². The highest BCUT2D eigenvalue weighted by Crippen LogP contribution is 2.24. The van der Waals surface area contributed by atoms with Crippen molar-refractivity contribution in [3.63, 3.8) is 0 Å². The van der Waals surface area contributed by atoms with Crippen LogP contribution in [-0.2, 0) is 7.05 Å². The van der Waals surface area contributed by atoms with Gasteiger partial charge in [-0.2, -0.15) is 0 Å². The number of furan rings is 1. The standard InChI is InChI=1S/C12H13N5O/c1-8(12-16-14-7-17(12)2)15-11-9-4-6-18-10(9)3-5-13-11/h3-8H,1-2H3,(H,13,15). The molecule has 92 valence electrons. The predicted octanol–water partition coefficient (Wildman–Crippen LogP) is 2.13. The molecule has 6 heteroatoms. The summed E-state index contributed by atoms with van der Waals surface area (Å²) in [7, 11) is 1.92. The van der Waals surface area contributed by atoms with Gasteiger partial charge in [0, 0.05) is 13.2 Å². The fourth-order valence-corrected chi connectivity index (χ4v) is 1.96. The number of hydrogen-bond donors (Lipinski definition) is 1. The highest BCUT2D eigenvalue weighted by molar-refractivity contribution is 5.87. The van der Waals surface area contributed by atoms with E-state index in [9.17, 15) is 0 Å². The van der Waals surface area contributed by atoms with Crippen molar-refractivity contribution < 1.29 is 4.42 Å². The van der Waals surface area contributed by atoms with Crippen LogP contribution >= 0.6 is 0 Å². The monoisotopic (exact) mass is 243 g/mol. The number of nitrogens with one attached hydrogen (secondary N) is 1. The molecule has 0 saturated carbocycles. The third-order valence-corrected chi connectivity index (χ3v) is 2.87. The lowest BCUT2D eigenvalue weighted by Gasteiger charge is -2.13. The maximum Gasteiger partial charge on any atom is 0.154 e. The van der Waals surface area contributed by atoms with E-state index in [2.05, 4.69) is 20.5 Å². The van der Waals surface area contributed by atoms with Crippen LogP contribution in [0.5, 0.6) is 0 Å². The molecule has 0 spiro atoms. The van der Waals surface area contributed by atoms with Crippen molar-refractivity contribution in [2.75, 3.05) is 5.32 Å². The summed E-state index contributed by atoms with van der Waals surface area (Å²) in [6.07, 6.45) is 5.06. The van der Waals surface area contributed by atoms with Crippen LogP contribution in [-0.4, -0.2) is 19.7 Å². The molecular weight excluding hydrogens is 230 g/mol. The first-order chi connectivity index (χ1) is 8.75. The molecule has 0 bridgehead atoms. The van der Waals surface area contributed by atoms with Crippen molar-refractivity contribution in [3.05, 3.63) is 36.7 Å². The van der Waals surface area contributed by atoms with Crippen molar-refractivity contribution >= 4 is 16.8 Å². The number of anilines is 1. The van der Waals surface area contributed by atoms with Crippen LogP contribution in [0.1, 0.15) is 18.8 Å². The summed E-state index contributed by atoms with van der Waals surface area (Å²) in [5.74, 6) is 1.65. The zero-order chi connectivity index (χ0) is 12.5. The lowest BCUT2D eigenvalue weighted by atomic mass is 10.2. The molecule has 1 N–H and O–H groups in total. The number of pyridine rings is 1. The second-order valence-corrected chi connectivity index (χ2v) is 4.16. The Hall–Kier alpha value is -2.37. The molecule has 0 saturated heterocycles. The van der Waals surface area contributed by atoms with Crippen molar-refractivity contribution in [1.29, 1.82) is 0 Å². The summed E-state index contributed by atoms with van der Waals surface area (Å²) >= 11 is 0. The van der Waals surface area contributed by atoms with Crippen molar-refractivity contribution in [1.82, 2.24) is 19.7 Å². The average molecular weight is 243 g/mol. The number of aryl methyl sites for hydroxylation is 1. The van der Waals surface area contributed by atoms with Gasteiger partial charge in [0.25, 0.3) is 0 Å². The van der Waals surface area contributed by atoms with E-state index in [-0.39, 0.29) is 6.04 Å². The van der Waals surface area contributed by atoms with E-state index in [4.69, 9.17) is 4.42 Å². The van der Waals surface area contributed by atoms with Gasteiger partial charge in [0.15, 0.2) is 5.82 Å². The van der Waals surface area contributed by atoms with E-state index >= 15 is 0 Å². The van der Waals surface area contributed by atoms with Crippen LogP contribution in [0.4, 0.5) is 5.82 Å². The fraction of sp³-hybridized carbons (Fsp3) is 0.250. The molecule has 0 radical (unpaired) electrons. The second-order valence-electron chi connectivity index (χ2n) is 4.16. The van der Waals surface area contributed by atoms with Crippen molar-refractivity contribution in [2.45, 2.75) is 13.0 Å². The van der Waals surface area contributed by atoms with Crippen LogP contribution in [0.2, 0.25) is 0 Å². The van der Waals surface area contributed by atoms with Gasteiger partial charge >= 0.3 is 0 Å². The van der Waals surface area contributed by atoms with Gasteiger partial charge in [-0.1, -0.05) is 0 Å². The third-order valence-electron chi connectivity index (χ3n) is 2.87. The minimum atomic E-state index is 0.0190. The van der Waals surface area contributed by atoms with Gasteiger partial charge < -0.3 is 14.3 Å². The van der Waals surface area contributed by atoms with E-state index in [0.717, 1.165) is 22.6 Å². The Kier molecular flexibility index (Phi) is 2.47. The molecule has 0 fully saturated rings. The minimum Gasteiger partial charge on any atom is -0.464 e. The number of fused-ring (bicyclic) bond motifs is 1. The smallest absolute Gasteiger partial charge is 0.154 e. The van der Waals surface area contributed by atoms with Gasteiger partial charge in [-0.3, -0.25) is 0 Å². The number of nitrogens with zero attached hydrogens (tertiary/aromatic N) is 4. The molecule has 0 aliphatic rings. The highest BCUT2D eigenvalue weighted by atomic mass is 16.3. The summed E-state index contributed by atoms with van der Waals surface area (Å²) in [4.78, 5) is 4.33. The first-order valence-electron chi connectivity index (χ1n) is 5.68. The Morgan fingerprint density at radius 3 is 3.06 bits per heavy atom. The first kappa shape index (κ1) is 10.8. The molecular formula is C12H13N5O. The first-order valence-corrected chi connectivity index (χ1v) is 5.68. The van der Waals surface area contributed by atoms with Gasteiger partial charge in [0.1, 0.15) is 17.7 Å². The van der Waals surface area contributed by atoms with E-state index in [0.29, 0.717) is 0 Å². The predicted molar refractivity (Wildman–Crippen MR) is 67.0 cm³/mol. The Bertz CT molecular complexity index is 672. The zero-order valence-corrected chi connectivity index (χ0v) is 10.2. The molecule has 18 heavy (non-hydrogen) atoms. The highest BCUT2D eigenvalue weighted by Gasteiger charge is 2.13. The van der Waals surface area contributed by atoms with E-state index < -0.39 is 0 Å². The quantitative estimate of drug-likeness (QED) is 0.763. The average Bonchev–Trinajstić information content (AvgIpc) is 2.97. The summed E-state index contributed by atoms with van der Waals surface area (Å²) in [6, 6.07) is 3.76. The van der Waals surface area contributed by atoms with Crippen molar-refractivity contribution in [2.24, 2.45) is 7.05 Å². The molecule has 3 heterocycles. The number of hydrogen-bond acceptors (Lipinski definition) is 5. The SMILES string of the molecule is CC(Nc1nccc2occc12)c1nncn1C. The van der Waals surface area contributed by atoms with E-state index in [1.807, 2.05) is 30.7 Å². The molecule has 1 unspecified atom stereocenters. The minimum absolute atomic E-state index is 0.0190. The third kappa shape index (κ3) is 1.71. The topological polar surface area (TPSA) is 68.8 Å². The summed E-state index contributed by atoms with van der Waals surface area (Å²) in [5, 5.41) is 12.2. The Morgan fingerprint density at radius 2 is 2.28 bits per heavy atom. The Morgan fingerprint density at radius 1 is 1.39 bits per heavy atom. The van der Waals surface area contributed by atoms with Crippen LogP contribution in [0.25, 0.3) is 11.0 Å². The lowest BCUT2D eigenvalue weighted by Crippen LogP contribution is -2.12. The van der Waals surface area contributed by atoms with E-state index in [1.54, 1.807) is 18.8 Å². The Balaban J connectivity index is 1.93. The van der Waals surface area contributed by atoms with Gasteiger partial charge in [0.05, 0.1) is 17.7 Å². The van der Waals surface area contributed by atoms with Gasteiger partial charge in [-0.15, -0.1) is 10.2 Å². The fourth-order valence-electron chi connectivity index (χ4n) is 1.96. The molecule has 0 aromatic carbocycles. The van der Waals surface area contributed by atoms with Gasteiger partial charge in [-0.25, -0.2) is 4.98 Å². The molecule has 0 amide bonds. The normalized spacial score (nSPS) is 12.8. The maximum atomic E-state index is 5.34. The molecule has 0 aliphatic heterocycles. The lowest BCUT2D eigenvalue weighted by molar-refractivity contribution is 0.615. The maximum absolute atomic E-state index is 5.34. The molecule has 0 aliphatic carbocycles. The molecule has 1 atom stereocenters. The summed E-state index contributed by atoms with van der Waals surface area (Å²) in [6.45, 7) is 2.02. The van der Waals surface area contributed by atoms with Crippen LogP contribution < -0.4 is 5.32 Å². The molecule has 6 nitrogen and oxygen atoms in total. The molecule has 3 rings (SSSR count). The molecule has 3 aromatic rings. The van der Waals surface area contributed by atoms with Gasteiger partial charge in [0.2, 0.25) is 0 Å². The largest absolute Gasteiger partial charge is 0.464 e.